The molecule has 0 amide bonds. The number of pyridine rings is 1. The molecule has 0 bridgehead atoms. The van der Waals surface area contributed by atoms with Crippen LogP contribution in [0, 0.1) is 0 Å². The van der Waals surface area contributed by atoms with E-state index in [4.69, 9.17) is 9.84 Å². The zero-order valence-electron chi connectivity index (χ0n) is 10.4. The van der Waals surface area contributed by atoms with Crippen molar-refractivity contribution in [1.29, 1.82) is 0 Å². The van der Waals surface area contributed by atoms with Crippen LogP contribution in [0.25, 0.3) is 0 Å². The number of ether oxygens (including phenoxy) is 2. The fourth-order valence-electron chi connectivity index (χ4n) is 1.48. The average Bonchev–Trinajstić information content (AvgIpc) is 2.41. The van der Waals surface area contributed by atoms with Gasteiger partial charge in [-0.3, -0.25) is 0 Å². The van der Waals surface area contributed by atoms with Crippen molar-refractivity contribution in [3.05, 3.63) is 46.6 Å². The average molecular weight is 364 g/mol. The highest BCUT2D eigenvalue weighted by atomic mass is 79.9. The number of nitrogens with zero attached hydrogens (tertiary/aromatic N) is 1. The highest BCUT2D eigenvalue weighted by Crippen LogP contribution is 2.34. The van der Waals surface area contributed by atoms with Crippen LogP contribution in [0.15, 0.2) is 41.0 Å². The molecular formula is C13H9BrF3NO3. The van der Waals surface area contributed by atoms with Crippen LogP contribution in [-0.2, 0) is 6.61 Å². The van der Waals surface area contributed by atoms with Crippen molar-refractivity contribution < 1.29 is 27.8 Å². The van der Waals surface area contributed by atoms with E-state index >= 15 is 0 Å². The van der Waals surface area contributed by atoms with Gasteiger partial charge < -0.3 is 14.6 Å². The van der Waals surface area contributed by atoms with Gasteiger partial charge in [0.05, 0.1) is 11.1 Å². The molecule has 2 rings (SSSR count). The van der Waals surface area contributed by atoms with Crippen LogP contribution >= 0.6 is 15.9 Å². The fraction of sp³-hybridized carbons (Fsp3) is 0.154. The van der Waals surface area contributed by atoms with Gasteiger partial charge in [0.25, 0.3) is 0 Å². The summed E-state index contributed by atoms with van der Waals surface area (Å²) < 4.78 is 45.7. The van der Waals surface area contributed by atoms with Crippen molar-refractivity contribution in [2.45, 2.75) is 13.0 Å². The molecule has 0 saturated carbocycles. The highest BCUT2D eigenvalue weighted by molar-refractivity contribution is 9.10. The van der Waals surface area contributed by atoms with Crippen LogP contribution in [0.1, 0.15) is 5.56 Å². The van der Waals surface area contributed by atoms with Gasteiger partial charge in [-0.2, -0.15) is 0 Å². The Morgan fingerprint density at radius 3 is 2.57 bits per heavy atom. The van der Waals surface area contributed by atoms with Crippen LogP contribution < -0.4 is 9.47 Å². The number of halogens is 4. The monoisotopic (exact) mass is 363 g/mol. The van der Waals surface area contributed by atoms with E-state index in [1.165, 1.54) is 24.4 Å². The second kappa shape index (κ2) is 6.31. The number of hydrogen-bond acceptors (Lipinski definition) is 4. The minimum absolute atomic E-state index is 0.0932. The van der Waals surface area contributed by atoms with Crippen LogP contribution in [0.3, 0.4) is 0 Å². The number of hydrogen-bond donors (Lipinski definition) is 1. The molecule has 0 unspecified atom stereocenters. The Morgan fingerprint density at radius 1 is 1.19 bits per heavy atom. The summed E-state index contributed by atoms with van der Waals surface area (Å²) in [5.41, 5.74) is 0.607. The van der Waals surface area contributed by atoms with Gasteiger partial charge in [-0.25, -0.2) is 4.98 Å². The summed E-state index contributed by atoms with van der Waals surface area (Å²) in [5.74, 6) is 0.129. The molecule has 0 radical (unpaired) electrons. The van der Waals surface area contributed by atoms with E-state index in [0.29, 0.717) is 5.56 Å². The van der Waals surface area contributed by atoms with Gasteiger partial charge in [-0.15, -0.1) is 13.2 Å². The van der Waals surface area contributed by atoms with Crippen molar-refractivity contribution in [3.63, 3.8) is 0 Å². The summed E-state index contributed by atoms with van der Waals surface area (Å²) in [6, 6.07) is 6.91. The Morgan fingerprint density at radius 2 is 1.95 bits per heavy atom. The van der Waals surface area contributed by atoms with E-state index in [1.54, 1.807) is 6.07 Å². The fourth-order valence-corrected chi connectivity index (χ4v) is 1.92. The quantitative estimate of drug-likeness (QED) is 0.890. The van der Waals surface area contributed by atoms with Crippen molar-refractivity contribution >= 4 is 15.9 Å². The lowest BCUT2D eigenvalue weighted by molar-refractivity contribution is -0.274. The molecule has 1 heterocycles. The molecule has 21 heavy (non-hydrogen) atoms. The first-order valence-electron chi connectivity index (χ1n) is 5.66. The van der Waals surface area contributed by atoms with Crippen molar-refractivity contribution in [3.8, 4) is 17.4 Å². The number of alkyl halides is 3. The zero-order chi connectivity index (χ0) is 15.5. The molecule has 2 aromatic rings. The number of aliphatic hydroxyl groups excluding tert-OH is 1. The van der Waals surface area contributed by atoms with Gasteiger partial charge in [0.2, 0.25) is 5.88 Å². The number of aliphatic hydroxyl groups is 1. The molecule has 1 aromatic carbocycles. The first-order chi connectivity index (χ1) is 9.87. The van der Waals surface area contributed by atoms with Gasteiger partial charge >= 0.3 is 6.36 Å². The molecule has 1 N–H and O–H groups in total. The largest absolute Gasteiger partial charge is 0.573 e. The lowest BCUT2D eigenvalue weighted by atomic mass is 10.3. The van der Waals surface area contributed by atoms with Gasteiger partial charge in [0.1, 0.15) is 11.5 Å². The Labute approximate surface area is 126 Å². The normalized spacial score (nSPS) is 11.3. The highest BCUT2D eigenvalue weighted by Gasteiger charge is 2.32. The summed E-state index contributed by atoms with van der Waals surface area (Å²) in [7, 11) is 0. The molecule has 0 fully saturated rings. The van der Waals surface area contributed by atoms with Crippen LogP contribution in [0.2, 0.25) is 0 Å². The second-order valence-electron chi connectivity index (χ2n) is 3.90. The summed E-state index contributed by atoms with van der Waals surface area (Å²) in [5, 5.41) is 9.00. The van der Waals surface area contributed by atoms with Crippen LogP contribution in [-0.4, -0.2) is 16.5 Å². The first kappa shape index (κ1) is 15.6. The maximum Gasteiger partial charge on any atom is 0.573 e. The maximum absolute atomic E-state index is 12.1. The summed E-state index contributed by atoms with van der Waals surface area (Å²) in [6.07, 6.45) is -3.31. The first-order valence-corrected chi connectivity index (χ1v) is 6.45. The van der Waals surface area contributed by atoms with E-state index < -0.39 is 6.36 Å². The predicted molar refractivity (Wildman–Crippen MR) is 71.1 cm³/mol. The molecule has 0 saturated heterocycles. The minimum Gasteiger partial charge on any atom is -0.439 e. The third-order valence-electron chi connectivity index (χ3n) is 2.33. The Bertz CT molecular complexity index is 634. The van der Waals surface area contributed by atoms with Crippen LogP contribution in [0.5, 0.6) is 17.4 Å². The standard InChI is InChI=1S/C13H9BrF3NO3/c14-10-6-9(1-2-11(10)21-13(15,16)17)20-12-5-8(7-19)3-4-18-12/h1-6,19H,7H2. The molecule has 4 nitrogen and oxygen atoms in total. The summed E-state index contributed by atoms with van der Waals surface area (Å²) in [4.78, 5) is 3.93. The Kier molecular flexibility index (Phi) is 4.69. The lowest BCUT2D eigenvalue weighted by Gasteiger charge is -2.12. The van der Waals surface area contributed by atoms with Crippen LogP contribution in [0.4, 0.5) is 13.2 Å². The topological polar surface area (TPSA) is 51.6 Å². The van der Waals surface area contributed by atoms with Crippen molar-refractivity contribution in [2.24, 2.45) is 0 Å². The molecule has 0 aliphatic rings. The molecule has 112 valence electrons. The maximum atomic E-state index is 12.1. The molecule has 0 aliphatic carbocycles. The van der Waals surface area contributed by atoms with E-state index in [0.717, 1.165) is 6.07 Å². The number of rotatable bonds is 4. The summed E-state index contributed by atoms with van der Waals surface area (Å²) >= 11 is 2.98. The molecule has 0 atom stereocenters. The summed E-state index contributed by atoms with van der Waals surface area (Å²) in [6.45, 7) is -0.166. The Hall–Kier alpha value is -1.80. The van der Waals surface area contributed by atoms with Crippen molar-refractivity contribution in [1.82, 2.24) is 4.98 Å². The molecule has 1 aromatic heterocycles. The third-order valence-corrected chi connectivity index (χ3v) is 2.95. The zero-order valence-corrected chi connectivity index (χ0v) is 12.0. The van der Waals surface area contributed by atoms with E-state index in [9.17, 15) is 13.2 Å². The van der Waals surface area contributed by atoms with Gasteiger partial charge in [-0.05, 0) is 45.8 Å². The lowest BCUT2D eigenvalue weighted by Crippen LogP contribution is -2.17. The second-order valence-corrected chi connectivity index (χ2v) is 4.76. The number of benzene rings is 1. The smallest absolute Gasteiger partial charge is 0.439 e. The SMILES string of the molecule is OCc1ccnc(Oc2ccc(OC(F)(F)F)c(Br)c2)c1. The molecular weight excluding hydrogens is 355 g/mol. The predicted octanol–water partition coefficient (Wildman–Crippen LogP) is 4.03. The van der Waals surface area contributed by atoms with Gasteiger partial charge in [-0.1, -0.05) is 0 Å². The minimum atomic E-state index is -4.76. The third kappa shape index (κ3) is 4.61. The van der Waals surface area contributed by atoms with E-state index in [2.05, 4.69) is 25.7 Å². The van der Waals surface area contributed by atoms with E-state index in [-0.39, 0.29) is 28.5 Å². The Balaban J connectivity index is 2.16. The number of aromatic nitrogens is 1. The molecule has 0 aliphatic heterocycles. The molecule has 0 spiro atoms. The van der Waals surface area contributed by atoms with E-state index in [1.807, 2.05) is 0 Å². The van der Waals surface area contributed by atoms with Gasteiger partial charge in [0.15, 0.2) is 0 Å². The van der Waals surface area contributed by atoms with Crippen molar-refractivity contribution in [2.75, 3.05) is 0 Å². The van der Waals surface area contributed by atoms with Gasteiger partial charge in [0, 0.05) is 12.3 Å². The molecule has 8 heteroatoms.